The molecule has 0 spiro atoms. The van der Waals surface area contributed by atoms with Crippen LogP contribution in [0.15, 0.2) is 71.7 Å². The predicted octanol–water partition coefficient (Wildman–Crippen LogP) is 3.35. The van der Waals surface area contributed by atoms with Gasteiger partial charge in [-0.1, -0.05) is 24.3 Å². The highest BCUT2D eigenvalue weighted by molar-refractivity contribution is 5.96. The van der Waals surface area contributed by atoms with Crippen molar-refractivity contribution >= 4 is 22.6 Å². The Hall–Kier alpha value is -5.12. The van der Waals surface area contributed by atoms with Gasteiger partial charge >= 0.3 is 0 Å². The molecule has 0 saturated heterocycles. The molecule has 0 bridgehead atoms. The molecule has 0 aliphatic carbocycles. The Bertz CT molecular complexity index is 1890. The average molecular weight is 538 g/mol. The number of benzene rings is 2. The number of pyridine rings is 2. The molecule has 1 aliphatic rings. The quantitative estimate of drug-likeness (QED) is 0.307. The van der Waals surface area contributed by atoms with Gasteiger partial charge in [-0.05, 0) is 66.4 Å². The molecule has 4 heterocycles. The van der Waals surface area contributed by atoms with E-state index in [1.165, 1.54) is 10.5 Å². The Kier molecular flexibility index (Phi) is 6.43. The molecule has 202 valence electrons. The molecule has 2 aromatic carbocycles. The van der Waals surface area contributed by atoms with E-state index in [1.54, 1.807) is 30.0 Å². The number of hydrogen-bond acceptors (Lipinski definition) is 7. The van der Waals surface area contributed by atoms with Gasteiger partial charge in [-0.25, -0.2) is 4.98 Å². The molecular weight excluding hydrogens is 510 g/mol. The van der Waals surface area contributed by atoms with Gasteiger partial charge in [0.2, 0.25) is 6.79 Å². The number of hydrogen-bond donors (Lipinski definition) is 2. The van der Waals surface area contributed by atoms with Gasteiger partial charge in [-0.2, -0.15) is 0 Å². The first-order valence-electron chi connectivity index (χ1n) is 12.8. The van der Waals surface area contributed by atoms with Crippen molar-refractivity contribution in [2.45, 2.75) is 26.4 Å². The van der Waals surface area contributed by atoms with E-state index in [-0.39, 0.29) is 35.3 Å². The van der Waals surface area contributed by atoms with E-state index >= 15 is 0 Å². The standard InChI is InChI=1S/C30H27N5O5/c1-18-4-3-12-35-27(18)33-28-23(30(35)37)15-22(26(31)34(28)13-11-19-5-8-21(38-2)9-6-19)29(36)32-16-20-7-10-24-25(14-20)40-17-39-24/h3-10,12,14-15,31H,11,13,16-17H2,1-2H3,(H,32,36). The predicted molar refractivity (Wildman–Crippen MR) is 148 cm³/mol. The van der Waals surface area contributed by atoms with Gasteiger partial charge in [0, 0.05) is 19.3 Å². The minimum absolute atomic E-state index is 0.0194. The zero-order chi connectivity index (χ0) is 27.8. The first-order chi connectivity index (χ1) is 19.4. The lowest BCUT2D eigenvalue weighted by Gasteiger charge is -2.15. The van der Waals surface area contributed by atoms with Gasteiger partial charge in [0.05, 0.1) is 18.1 Å². The summed E-state index contributed by atoms with van der Waals surface area (Å²) in [6.07, 6.45) is 2.22. The first kappa shape index (κ1) is 25.2. The van der Waals surface area contributed by atoms with Crippen molar-refractivity contribution in [1.82, 2.24) is 19.3 Å². The molecule has 1 aliphatic heterocycles. The van der Waals surface area contributed by atoms with E-state index in [0.29, 0.717) is 35.8 Å². The molecule has 1 amide bonds. The van der Waals surface area contributed by atoms with E-state index in [9.17, 15) is 9.59 Å². The molecule has 0 atom stereocenters. The lowest BCUT2D eigenvalue weighted by Crippen LogP contribution is -2.35. The van der Waals surface area contributed by atoms with E-state index in [4.69, 9.17) is 24.6 Å². The smallest absolute Gasteiger partial charge is 0.267 e. The van der Waals surface area contributed by atoms with Crippen LogP contribution in [-0.2, 0) is 19.5 Å². The second-order valence-electron chi connectivity index (χ2n) is 9.57. The summed E-state index contributed by atoms with van der Waals surface area (Å²) in [4.78, 5) is 31.8. The van der Waals surface area contributed by atoms with Crippen molar-refractivity contribution in [2.24, 2.45) is 0 Å². The minimum atomic E-state index is -0.462. The largest absolute Gasteiger partial charge is 0.497 e. The van der Waals surface area contributed by atoms with Crippen LogP contribution >= 0.6 is 0 Å². The van der Waals surface area contributed by atoms with E-state index in [0.717, 1.165) is 22.4 Å². The maximum Gasteiger partial charge on any atom is 0.267 e. The van der Waals surface area contributed by atoms with E-state index in [1.807, 2.05) is 49.4 Å². The second-order valence-corrected chi connectivity index (χ2v) is 9.57. The molecule has 0 saturated carbocycles. The van der Waals surface area contributed by atoms with Crippen LogP contribution in [-0.4, -0.2) is 33.8 Å². The van der Waals surface area contributed by atoms with Crippen LogP contribution in [0.1, 0.15) is 27.0 Å². The molecule has 40 heavy (non-hydrogen) atoms. The van der Waals surface area contributed by atoms with Crippen molar-refractivity contribution in [3.63, 3.8) is 0 Å². The Labute approximate surface area is 228 Å². The summed E-state index contributed by atoms with van der Waals surface area (Å²) in [7, 11) is 1.61. The third kappa shape index (κ3) is 4.53. The summed E-state index contributed by atoms with van der Waals surface area (Å²) in [5, 5.41) is 12.1. The number of nitrogens with zero attached hydrogens (tertiary/aromatic N) is 3. The van der Waals surface area contributed by atoms with Crippen molar-refractivity contribution < 1.29 is 19.0 Å². The Morgan fingerprint density at radius 2 is 1.82 bits per heavy atom. The summed E-state index contributed by atoms with van der Waals surface area (Å²) in [5.74, 6) is 1.57. The Morgan fingerprint density at radius 1 is 1.05 bits per heavy atom. The van der Waals surface area contributed by atoms with E-state index < -0.39 is 5.91 Å². The summed E-state index contributed by atoms with van der Waals surface area (Å²) >= 11 is 0. The van der Waals surface area contributed by atoms with Crippen molar-refractivity contribution in [2.75, 3.05) is 13.9 Å². The second kappa shape index (κ2) is 10.2. The van der Waals surface area contributed by atoms with Gasteiger partial charge in [0.25, 0.3) is 11.5 Å². The average Bonchev–Trinajstić information content (AvgIpc) is 3.44. The van der Waals surface area contributed by atoms with Crippen molar-refractivity contribution in [3.8, 4) is 17.2 Å². The molecule has 5 aromatic rings. The van der Waals surface area contributed by atoms with Crippen LogP contribution in [0.25, 0.3) is 16.7 Å². The summed E-state index contributed by atoms with van der Waals surface area (Å²) < 4.78 is 19.2. The lowest BCUT2D eigenvalue weighted by atomic mass is 10.1. The van der Waals surface area contributed by atoms with Gasteiger partial charge in [0.1, 0.15) is 22.5 Å². The Morgan fingerprint density at radius 3 is 2.62 bits per heavy atom. The van der Waals surface area contributed by atoms with Crippen LogP contribution in [0.3, 0.4) is 0 Å². The van der Waals surface area contributed by atoms with Gasteiger partial charge < -0.3 is 24.1 Å². The van der Waals surface area contributed by atoms with Crippen LogP contribution in [0.5, 0.6) is 17.2 Å². The number of fused-ring (bicyclic) bond motifs is 3. The first-order valence-corrected chi connectivity index (χ1v) is 12.8. The maximum atomic E-state index is 13.6. The number of nitrogens with one attached hydrogen (secondary N) is 2. The SMILES string of the molecule is COc1ccc(CCn2c(=N)c(C(=O)NCc3ccc4c(c3)OCO4)cc3c(=O)n4cccc(C)c4nc32)cc1. The van der Waals surface area contributed by atoms with Gasteiger partial charge in [-0.3, -0.25) is 19.4 Å². The summed E-state index contributed by atoms with van der Waals surface area (Å²) in [6, 6.07) is 18.2. The van der Waals surface area contributed by atoms with Gasteiger partial charge in [0.15, 0.2) is 11.5 Å². The molecule has 2 N–H and O–H groups in total. The van der Waals surface area contributed by atoms with E-state index in [2.05, 4.69) is 5.32 Å². The highest BCUT2D eigenvalue weighted by Gasteiger charge is 2.19. The summed E-state index contributed by atoms with van der Waals surface area (Å²) in [6.45, 7) is 2.61. The zero-order valence-electron chi connectivity index (χ0n) is 22.1. The molecule has 0 fully saturated rings. The van der Waals surface area contributed by atoms with Gasteiger partial charge in [-0.15, -0.1) is 0 Å². The maximum absolute atomic E-state index is 13.6. The molecular formula is C30H27N5O5. The highest BCUT2D eigenvalue weighted by atomic mass is 16.7. The fraction of sp³-hybridized carbons (Fsp3) is 0.200. The normalized spacial score (nSPS) is 12.2. The molecule has 10 heteroatoms. The Balaban J connectivity index is 1.40. The van der Waals surface area contributed by atoms with Crippen LogP contribution in [0.2, 0.25) is 0 Å². The molecule has 10 nitrogen and oxygen atoms in total. The van der Waals surface area contributed by atoms with Crippen LogP contribution in [0.4, 0.5) is 0 Å². The number of aromatic nitrogens is 3. The fourth-order valence-corrected chi connectivity index (χ4v) is 4.85. The molecule has 6 rings (SSSR count). The minimum Gasteiger partial charge on any atom is -0.497 e. The number of aryl methyl sites for hydroxylation is 3. The zero-order valence-corrected chi connectivity index (χ0v) is 22.1. The third-order valence-electron chi connectivity index (χ3n) is 7.05. The van der Waals surface area contributed by atoms with Crippen molar-refractivity contribution in [1.29, 1.82) is 5.41 Å². The number of rotatable bonds is 7. The third-order valence-corrected chi connectivity index (χ3v) is 7.05. The summed E-state index contributed by atoms with van der Waals surface area (Å²) in [5.41, 5.74) is 3.32. The number of amides is 1. The molecule has 3 aromatic heterocycles. The molecule has 0 radical (unpaired) electrons. The van der Waals surface area contributed by atoms with Crippen LogP contribution < -0.4 is 30.6 Å². The monoisotopic (exact) mass is 537 g/mol. The molecule has 0 unspecified atom stereocenters. The topological polar surface area (TPSA) is 120 Å². The lowest BCUT2D eigenvalue weighted by molar-refractivity contribution is 0.0948. The fourth-order valence-electron chi connectivity index (χ4n) is 4.85. The van der Waals surface area contributed by atoms with Crippen molar-refractivity contribution in [3.05, 3.63) is 105 Å². The number of ether oxygens (including phenoxy) is 3. The number of carbonyl (C=O) groups is 1. The number of methoxy groups -OCH3 is 1. The van der Waals surface area contributed by atoms with Crippen LogP contribution in [0, 0.1) is 12.3 Å². The highest BCUT2D eigenvalue weighted by Crippen LogP contribution is 2.32. The number of carbonyl (C=O) groups excluding carboxylic acids is 1.